The molecule has 0 aromatic carbocycles. The number of likely N-dealkylation sites (N-methyl/N-ethyl adjacent to an activating group) is 1. The number of carboxylic acid groups (broad SMARTS) is 1. The Bertz CT molecular complexity index is 708. The van der Waals surface area contributed by atoms with Crippen LogP contribution in [0.1, 0.15) is 18.2 Å². The fraction of sp³-hybridized carbons (Fsp3) is 0.357. The SMILES string of the molecule is Cc1ccc2nc(CN(C)C(C)C(=O)O)cc(=O)n2c1. The Morgan fingerprint density at radius 2 is 2.20 bits per heavy atom. The number of carboxylic acids is 1. The van der Waals surface area contributed by atoms with Gasteiger partial charge in [0.25, 0.3) is 5.56 Å². The number of hydrogen-bond acceptors (Lipinski definition) is 4. The molecule has 0 spiro atoms. The highest BCUT2D eigenvalue weighted by molar-refractivity contribution is 5.72. The highest BCUT2D eigenvalue weighted by atomic mass is 16.4. The van der Waals surface area contributed by atoms with Crippen LogP contribution in [0.4, 0.5) is 0 Å². The van der Waals surface area contributed by atoms with Crippen molar-refractivity contribution in [2.24, 2.45) is 0 Å². The molecule has 1 unspecified atom stereocenters. The summed E-state index contributed by atoms with van der Waals surface area (Å²) in [6.07, 6.45) is 1.73. The lowest BCUT2D eigenvalue weighted by Gasteiger charge is -2.20. The summed E-state index contributed by atoms with van der Waals surface area (Å²) in [5, 5.41) is 8.96. The van der Waals surface area contributed by atoms with Crippen molar-refractivity contribution < 1.29 is 9.90 Å². The molecule has 0 fully saturated rings. The van der Waals surface area contributed by atoms with Gasteiger partial charge in [-0.2, -0.15) is 0 Å². The van der Waals surface area contributed by atoms with Gasteiger partial charge in [0, 0.05) is 18.8 Å². The Labute approximate surface area is 116 Å². The van der Waals surface area contributed by atoms with Gasteiger partial charge in [-0.25, -0.2) is 4.98 Å². The zero-order chi connectivity index (χ0) is 14.9. The van der Waals surface area contributed by atoms with Crippen molar-refractivity contribution in [3.05, 3.63) is 46.0 Å². The predicted molar refractivity (Wildman–Crippen MR) is 74.8 cm³/mol. The number of aryl methyl sites for hydroxylation is 1. The minimum atomic E-state index is -0.902. The van der Waals surface area contributed by atoms with Gasteiger partial charge < -0.3 is 5.11 Å². The van der Waals surface area contributed by atoms with Crippen LogP contribution in [0.15, 0.2) is 29.2 Å². The summed E-state index contributed by atoms with van der Waals surface area (Å²) in [7, 11) is 1.69. The lowest BCUT2D eigenvalue weighted by atomic mass is 10.2. The van der Waals surface area contributed by atoms with E-state index < -0.39 is 12.0 Å². The first-order valence-corrected chi connectivity index (χ1v) is 6.30. The minimum absolute atomic E-state index is 0.162. The van der Waals surface area contributed by atoms with Gasteiger partial charge in [-0.3, -0.25) is 18.9 Å². The monoisotopic (exact) mass is 275 g/mol. The van der Waals surface area contributed by atoms with Crippen LogP contribution < -0.4 is 5.56 Å². The van der Waals surface area contributed by atoms with Crippen LogP contribution in [0.2, 0.25) is 0 Å². The van der Waals surface area contributed by atoms with Crippen LogP contribution in [0.25, 0.3) is 5.65 Å². The lowest BCUT2D eigenvalue weighted by molar-refractivity contribution is -0.142. The summed E-state index contributed by atoms with van der Waals surface area (Å²) in [6.45, 7) is 3.81. The lowest BCUT2D eigenvalue weighted by Crippen LogP contribution is -2.35. The third-order valence-electron chi connectivity index (χ3n) is 3.29. The number of aliphatic carboxylic acids is 1. The second-order valence-corrected chi connectivity index (χ2v) is 4.95. The average Bonchev–Trinajstić information content (AvgIpc) is 2.38. The number of hydrogen-bond donors (Lipinski definition) is 1. The molecule has 6 nitrogen and oxygen atoms in total. The molecule has 2 aromatic heterocycles. The maximum absolute atomic E-state index is 12.0. The zero-order valence-corrected chi connectivity index (χ0v) is 11.7. The summed E-state index contributed by atoms with van der Waals surface area (Å²) in [6, 6.07) is 4.47. The van der Waals surface area contributed by atoms with Crippen LogP contribution in [0, 0.1) is 6.92 Å². The number of fused-ring (bicyclic) bond motifs is 1. The molecule has 20 heavy (non-hydrogen) atoms. The van der Waals surface area contributed by atoms with E-state index in [1.54, 1.807) is 31.1 Å². The molecule has 106 valence electrons. The van der Waals surface area contributed by atoms with Crippen molar-refractivity contribution in [1.29, 1.82) is 0 Å². The largest absolute Gasteiger partial charge is 0.480 e. The fourth-order valence-electron chi connectivity index (χ4n) is 1.92. The van der Waals surface area contributed by atoms with Gasteiger partial charge in [-0.05, 0) is 32.5 Å². The van der Waals surface area contributed by atoms with Crippen LogP contribution in [-0.4, -0.2) is 38.4 Å². The maximum Gasteiger partial charge on any atom is 0.320 e. The molecule has 2 heterocycles. The van der Waals surface area contributed by atoms with E-state index in [2.05, 4.69) is 4.98 Å². The van der Waals surface area contributed by atoms with Crippen molar-refractivity contribution >= 4 is 11.6 Å². The van der Waals surface area contributed by atoms with Gasteiger partial charge in [0.2, 0.25) is 0 Å². The van der Waals surface area contributed by atoms with E-state index in [0.29, 0.717) is 17.9 Å². The van der Waals surface area contributed by atoms with Gasteiger partial charge in [0.05, 0.1) is 5.69 Å². The third kappa shape index (κ3) is 2.85. The van der Waals surface area contributed by atoms with E-state index in [1.165, 1.54) is 10.5 Å². The van der Waals surface area contributed by atoms with Crippen LogP contribution in [0.3, 0.4) is 0 Å². The molecule has 0 saturated heterocycles. The quantitative estimate of drug-likeness (QED) is 0.897. The van der Waals surface area contributed by atoms with Crippen molar-refractivity contribution in [1.82, 2.24) is 14.3 Å². The molecule has 1 atom stereocenters. The predicted octanol–water partition coefficient (Wildman–Crippen LogP) is 0.908. The standard InChI is InChI=1S/C14H17N3O3/c1-9-4-5-12-15-11(6-13(18)17(12)7-9)8-16(3)10(2)14(19)20/h4-7,10H,8H2,1-3H3,(H,19,20). The van der Waals surface area contributed by atoms with Crippen molar-refractivity contribution in [3.8, 4) is 0 Å². The van der Waals surface area contributed by atoms with E-state index in [9.17, 15) is 9.59 Å². The molecular formula is C14H17N3O3. The Balaban J connectivity index is 2.35. The van der Waals surface area contributed by atoms with E-state index in [-0.39, 0.29) is 5.56 Å². The smallest absolute Gasteiger partial charge is 0.320 e. The van der Waals surface area contributed by atoms with Crippen molar-refractivity contribution in [3.63, 3.8) is 0 Å². The molecular weight excluding hydrogens is 258 g/mol. The Kier molecular flexibility index (Phi) is 3.85. The molecule has 0 radical (unpaired) electrons. The van der Waals surface area contributed by atoms with E-state index in [0.717, 1.165) is 5.56 Å². The average molecular weight is 275 g/mol. The number of nitrogens with zero attached hydrogens (tertiary/aromatic N) is 3. The van der Waals surface area contributed by atoms with E-state index >= 15 is 0 Å². The molecule has 2 aromatic rings. The van der Waals surface area contributed by atoms with Gasteiger partial charge in [-0.15, -0.1) is 0 Å². The molecule has 2 rings (SSSR count). The van der Waals surface area contributed by atoms with Gasteiger partial charge in [0.15, 0.2) is 0 Å². The summed E-state index contributed by atoms with van der Waals surface area (Å²) >= 11 is 0. The van der Waals surface area contributed by atoms with Crippen LogP contribution >= 0.6 is 0 Å². The normalized spacial score (nSPS) is 12.8. The van der Waals surface area contributed by atoms with Crippen LogP contribution in [0.5, 0.6) is 0 Å². The third-order valence-corrected chi connectivity index (χ3v) is 3.29. The fourth-order valence-corrected chi connectivity index (χ4v) is 1.92. The minimum Gasteiger partial charge on any atom is -0.480 e. The number of carbonyl (C=O) groups is 1. The second kappa shape index (κ2) is 5.42. The molecule has 1 N–H and O–H groups in total. The summed E-state index contributed by atoms with van der Waals surface area (Å²) in [4.78, 5) is 29.0. The molecule has 0 aliphatic carbocycles. The molecule has 0 bridgehead atoms. The van der Waals surface area contributed by atoms with Gasteiger partial charge in [-0.1, -0.05) is 6.07 Å². The molecule has 0 amide bonds. The highest BCUT2D eigenvalue weighted by Gasteiger charge is 2.17. The van der Waals surface area contributed by atoms with E-state index in [4.69, 9.17) is 5.11 Å². The summed E-state index contributed by atoms with van der Waals surface area (Å²) in [5.74, 6) is -0.902. The second-order valence-electron chi connectivity index (χ2n) is 4.95. The highest BCUT2D eigenvalue weighted by Crippen LogP contribution is 2.06. The molecule has 0 aliphatic rings. The first-order valence-electron chi connectivity index (χ1n) is 6.30. The topological polar surface area (TPSA) is 74.9 Å². The van der Waals surface area contributed by atoms with Crippen LogP contribution in [-0.2, 0) is 11.3 Å². The summed E-state index contributed by atoms with van der Waals surface area (Å²) < 4.78 is 1.49. The molecule has 0 saturated carbocycles. The molecule has 6 heteroatoms. The van der Waals surface area contributed by atoms with Gasteiger partial charge in [0.1, 0.15) is 11.7 Å². The van der Waals surface area contributed by atoms with Gasteiger partial charge >= 0.3 is 5.97 Å². The Morgan fingerprint density at radius 3 is 2.85 bits per heavy atom. The summed E-state index contributed by atoms with van der Waals surface area (Å²) in [5.41, 5.74) is 1.94. The Hall–Kier alpha value is -2.21. The van der Waals surface area contributed by atoms with Crippen molar-refractivity contribution in [2.75, 3.05) is 7.05 Å². The Morgan fingerprint density at radius 1 is 1.50 bits per heavy atom. The first-order chi connectivity index (χ1) is 9.38. The molecule has 0 aliphatic heterocycles. The number of aromatic nitrogens is 2. The maximum atomic E-state index is 12.0. The van der Waals surface area contributed by atoms with Crippen molar-refractivity contribution in [2.45, 2.75) is 26.4 Å². The van der Waals surface area contributed by atoms with E-state index in [1.807, 2.05) is 13.0 Å². The number of rotatable bonds is 4. The first kappa shape index (κ1) is 14.2. The zero-order valence-electron chi connectivity index (χ0n) is 11.7. The number of pyridine rings is 1.